The van der Waals surface area contributed by atoms with E-state index in [2.05, 4.69) is 34.6 Å². The SMILES string of the molecule is [C]1C2=C(CC=C2)CCCN1Cc1ccccn1. The molecule has 0 amide bonds. The summed E-state index contributed by atoms with van der Waals surface area (Å²) in [4.78, 5) is 6.64. The molecule has 3 rings (SSSR count). The number of allylic oxidation sites excluding steroid dienone is 2. The van der Waals surface area contributed by atoms with Gasteiger partial charge in [0, 0.05) is 12.7 Å². The van der Waals surface area contributed by atoms with E-state index in [0.29, 0.717) is 0 Å². The van der Waals surface area contributed by atoms with Gasteiger partial charge in [0.05, 0.1) is 12.2 Å². The molecule has 0 fully saturated rings. The van der Waals surface area contributed by atoms with Crippen molar-refractivity contribution in [3.05, 3.63) is 59.9 Å². The highest BCUT2D eigenvalue weighted by Crippen LogP contribution is 2.29. The van der Waals surface area contributed by atoms with Crippen molar-refractivity contribution < 1.29 is 0 Å². The summed E-state index contributed by atoms with van der Waals surface area (Å²) in [7, 11) is 0. The zero-order chi connectivity index (χ0) is 11.5. The molecule has 2 heteroatoms. The molecule has 0 N–H and O–H groups in total. The first kappa shape index (κ1) is 10.7. The van der Waals surface area contributed by atoms with Gasteiger partial charge in [-0.05, 0) is 43.5 Å². The van der Waals surface area contributed by atoms with E-state index < -0.39 is 0 Å². The van der Waals surface area contributed by atoms with Gasteiger partial charge in [-0.25, -0.2) is 0 Å². The number of rotatable bonds is 2. The Morgan fingerprint density at radius 1 is 1.35 bits per heavy atom. The molecular formula is C15H16N2. The van der Waals surface area contributed by atoms with E-state index in [0.717, 1.165) is 25.2 Å². The lowest BCUT2D eigenvalue weighted by molar-refractivity contribution is 0.334. The number of pyridine rings is 1. The number of aromatic nitrogens is 1. The van der Waals surface area contributed by atoms with Crippen molar-refractivity contribution in [1.82, 2.24) is 9.88 Å². The highest BCUT2D eigenvalue weighted by Gasteiger charge is 2.18. The van der Waals surface area contributed by atoms with Crippen molar-refractivity contribution >= 4 is 0 Å². The van der Waals surface area contributed by atoms with Gasteiger partial charge in [0.15, 0.2) is 0 Å². The molecule has 17 heavy (non-hydrogen) atoms. The van der Waals surface area contributed by atoms with Crippen LogP contribution in [-0.2, 0) is 6.54 Å². The fraction of sp³-hybridized carbons (Fsp3) is 0.333. The molecule has 2 heterocycles. The van der Waals surface area contributed by atoms with Crippen LogP contribution in [-0.4, -0.2) is 16.4 Å². The summed E-state index contributed by atoms with van der Waals surface area (Å²) >= 11 is 0. The smallest absolute Gasteiger partial charge is 0.0966 e. The van der Waals surface area contributed by atoms with E-state index >= 15 is 0 Å². The first-order valence-corrected chi connectivity index (χ1v) is 6.22. The summed E-state index contributed by atoms with van der Waals surface area (Å²) in [6.07, 6.45) is 9.86. The lowest BCUT2D eigenvalue weighted by atomic mass is 10.1. The van der Waals surface area contributed by atoms with Crippen LogP contribution in [0.1, 0.15) is 25.0 Å². The Morgan fingerprint density at radius 3 is 3.24 bits per heavy atom. The molecule has 2 nitrogen and oxygen atoms in total. The summed E-state index contributed by atoms with van der Waals surface area (Å²) < 4.78 is 0. The van der Waals surface area contributed by atoms with Gasteiger partial charge in [0.25, 0.3) is 0 Å². The number of hydrogen-bond donors (Lipinski definition) is 0. The third kappa shape index (κ3) is 2.47. The molecule has 0 bridgehead atoms. The average molecular weight is 224 g/mol. The van der Waals surface area contributed by atoms with Crippen LogP contribution >= 0.6 is 0 Å². The lowest BCUT2D eigenvalue weighted by Gasteiger charge is -2.18. The van der Waals surface area contributed by atoms with Crippen molar-refractivity contribution in [3.8, 4) is 0 Å². The van der Waals surface area contributed by atoms with Crippen molar-refractivity contribution in [2.24, 2.45) is 0 Å². The maximum Gasteiger partial charge on any atom is 0.0966 e. The zero-order valence-corrected chi connectivity index (χ0v) is 9.89. The van der Waals surface area contributed by atoms with Crippen LogP contribution in [0.25, 0.3) is 0 Å². The van der Waals surface area contributed by atoms with Crippen molar-refractivity contribution in [1.29, 1.82) is 0 Å². The van der Waals surface area contributed by atoms with Crippen LogP contribution in [0.5, 0.6) is 0 Å². The second-order valence-corrected chi connectivity index (χ2v) is 4.58. The minimum absolute atomic E-state index is 0.867. The molecule has 1 aromatic heterocycles. The fourth-order valence-electron chi connectivity index (χ4n) is 2.42. The second-order valence-electron chi connectivity index (χ2n) is 4.58. The van der Waals surface area contributed by atoms with E-state index in [-0.39, 0.29) is 0 Å². The highest BCUT2D eigenvalue weighted by molar-refractivity contribution is 5.39. The molecule has 0 aromatic carbocycles. The summed E-state index contributed by atoms with van der Waals surface area (Å²) in [6, 6.07) is 6.08. The Morgan fingerprint density at radius 2 is 2.35 bits per heavy atom. The van der Waals surface area contributed by atoms with Gasteiger partial charge in [-0.3, -0.25) is 9.88 Å². The van der Waals surface area contributed by atoms with Crippen LogP contribution in [0.3, 0.4) is 0 Å². The van der Waals surface area contributed by atoms with Gasteiger partial charge >= 0.3 is 0 Å². The summed E-state index contributed by atoms with van der Waals surface area (Å²) in [6.45, 7) is 5.46. The first-order valence-electron chi connectivity index (χ1n) is 6.22. The van der Waals surface area contributed by atoms with Gasteiger partial charge in [0.2, 0.25) is 0 Å². The molecule has 0 atom stereocenters. The minimum Gasteiger partial charge on any atom is -0.284 e. The highest BCUT2D eigenvalue weighted by atomic mass is 15.1. The topological polar surface area (TPSA) is 16.1 Å². The van der Waals surface area contributed by atoms with Gasteiger partial charge in [-0.15, -0.1) is 0 Å². The standard InChI is InChI=1S/C15H16N2/c1-2-9-16-15(8-1)12-17-10-4-7-13-5-3-6-14(13)11-17/h1-3,6,8-9H,4-5,7,10,12H2. The molecule has 2 aliphatic rings. The van der Waals surface area contributed by atoms with E-state index in [1.54, 1.807) is 5.57 Å². The summed E-state index contributed by atoms with van der Waals surface area (Å²) in [5, 5.41) is 0. The largest absolute Gasteiger partial charge is 0.284 e. The second kappa shape index (κ2) is 4.84. The summed E-state index contributed by atoms with van der Waals surface area (Å²) in [5.41, 5.74) is 3.97. The number of hydrogen-bond acceptors (Lipinski definition) is 2. The molecular weight excluding hydrogens is 208 g/mol. The third-order valence-electron chi connectivity index (χ3n) is 3.29. The normalized spacial score (nSPS) is 20.5. The zero-order valence-electron chi connectivity index (χ0n) is 9.89. The van der Waals surface area contributed by atoms with Gasteiger partial charge in [0.1, 0.15) is 0 Å². The van der Waals surface area contributed by atoms with E-state index in [9.17, 15) is 0 Å². The molecule has 0 unspecified atom stereocenters. The van der Waals surface area contributed by atoms with Crippen LogP contribution in [0.4, 0.5) is 0 Å². The fourth-order valence-corrected chi connectivity index (χ4v) is 2.42. The average Bonchev–Trinajstić information content (AvgIpc) is 2.70. The lowest BCUT2D eigenvalue weighted by Crippen LogP contribution is -2.21. The predicted octanol–water partition coefficient (Wildman–Crippen LogP) is 2.97. The predicted molar refractivity (Wildman–Crippen MR) is 67.9 cm³/mol. The molecule has 0 saturated heterocycles. The molecule has 1 aliphatic carbocycles. The Balaban J connectivity index is 1.70. The van der Waals surface area contributed by atoms with E-state index in [1.807, 2.05) is 18.3 Å². The Labute approximate surface area is 103 Å². The first-order chi connectivity index (χ1) is 8.42. The molecule has 2 radical (unpaired) electrons. The molecule has 0 saturated carbocycles. The van der Waals surface area contributed by atoms with E-state index in [1.165, 1.54) is 18.4 Å². The minimum atomic E-state index is 0.867. The van der Waals surface area contributed by atoms with Crippen LogP contribution < -0.4 is 0 Å². The van der Waals surface area contributed by atoms with Crippen LogP contribution in [0, 0.1) is 6.54 Å². The Bertz CT molecular complexity index is 445. The molecule has 0 spiro atoms. The van der Waals surface area contributed by atoms with E-state index in [4.69, 9.17) is 0 Å². The Hall–Kier alpha value is -1.41. The van der Waals surface area contributed by atoms with Gasteiger partial charge < -0.3 is 0 Å². The van der Waals surface area contributed by atoms with Gasteiger partial charge in [-0.1, -0.05) is 23.8 Å². The Kier molecular flexibility index (Phi) is 3.06. The van der Waals surface area contributed by atoms with Crippen LogP contribution in [0.15, 0.2) is 47.7 Å². The molecule has 1 aliphatic heterocycles. The maximum atomic E-state index is 4.37. The van der Waals surface area contributed by atoms with Gasteiger partial charge in [-0.2, -0.15) is 0 Å². The molecule has 86 valence electrons. The van der Waals surface area contributed by atoms with Crippen LogP contribution in [0.2, 0.25) is 0 Å². The van der Waals surface area contributed by atoms with Crippen molar-refractivity contribution in [2.75, 3.05) is 6.54 Å². The third-order valence-corrected chi connectivity index (χ3v) is 3.29. The summed E-state index contributed by atoms with van der Waals surface area (Å²) in [5.74, 6) is 0. The molecule has 1 aromatic rings. The monoisotopic (exact) mass is 224 g/mol. The van der Waals surface area contributed by atoms with Crippen molar-refractivity contribution in [2.45, 2.75) is 25.8 Å². The number of nitrogens with zero attached hydrogens (tertiary/aromatic N) is 2. The quantitative estimate of drug-likeness (QED) is 0.767. The maximum absolute atomic E-state index is 4.37. The van der Waals surface area contributed by atoms with Crippen molar-refractivity contribution in [3.63, 3.8) is 0 Å².